The lowest BCUT2D eigenvalue weighted by Crippen LogP contribution is -2.33. The van der Waals surface area contributed by atoms with Gasteiger partial charge < -0.3 is 14.6 Å². The van der Waals surface area contributed by atoms with E-state index in [2.05, 4.69) is 15.5 Å². The first-order chi connectivity index (χ1) is 11.9. The molecule has 0 saturated carbocycles. The van der Waals surface area contributed by atoms with E-state index in [9.17, 15) is 13.2 Å². The Bertz CT molecular complexity index is 787. The standard InChI is InChI=1S/C16H21N3O5S/c1-12(2)16-18-15(24-19-16)11-25(21,22)10-14(20)17-8-9-23-13-6-4-3-5-7-13/h3-7,12H,8-11H2,1-2H3,(H,17,20). The van der Waals surface area contributed by atoms with Crippen molar-refractivity contribution < 1.29 is 22.5 Å². The van der Waals surface area contributed by atoms with Gasteiger partial charge in [0.05, 0.1) is 6.54 Å². The molecule has 0 unspecified atom stereocenters. The molecule has 1 aromatic heterocycles. The zero-order valence-corrected chi connectivity index (χ0v) is 15.0. The number of carbonyl (C=O) groups is 1. The third-order valence-electron chi connectivity index (χ3n) is 3.13. The molecule has 0 aliphatic heterocycles. The largest absolute Gasteiger partial charge is 0.492 e. The lowest BCUT2D eigenvalue weighted by Gasteiger charge is -2.07. The fourth-order valence-electron chi connectivity index (χ4n) is 1.93. The van der Waals surface area contributed by atoms with Gasteiger partial charge in [-0.15, -0.1) is 0 Å². The van der Waals surface area contributed by atoms with Gasteiger partial charge in [-0.1, -0.05) is 37.2 Å². The summed E-state index contributed by atoms with van der Waals surface area (Å²) < 4.78 is 34.4. The van der Waals surface area contributed by atoms with E-state index in [1.54, 1.807) is 12.1 Å². The van der Waals surface area contributed by atoms with Crippen LogP contribution in [0.2, 0.25) is 0 Å². The smallest absolute Gasteiger partial charge is 0.241 e. The van der Waals surface area contributed by atoms with Crippen LogP contribution in [0.3, 0.4) is 0 Å². The summed E-state index contributed by atoms with van der Waals surface area (Å²) in [6.45, 7) is 4.20. The zero-order chi connectivity index (χ0) is 18.3. The third kappa shape index (κ3) is 6.54. The molecule has 2 aromatic rings. The summed E-state index contributed by atoms with van der Waals surface area (Å²) in [5.41, 5.74) is 0. The summed E-state index contributed by atoms with van der Waals surface area (Å²) in [5, 5.41) is 6.21. The second kappa shape index (κ2) is 8.61. The minimum absolute atomic E-state index is 0.0103. The van der Waals surface area contributed by atoms with E-state index in [0.29, 0.717) is 11.6 Å². The second-order valence-corrected chi connectivity index (χ2v) is 7.81. The monoisotopic (exact) mass is 367 g/mol. The van der Waals surface area contributed by atoms with Gasteiger partial charge >= 0.3 is 0 Å². The van der Waals surface area contributed by atoms with E-state index < -0.39 is 27.3 Å². The molecule has 1 aromatic carbocycles. The van der Waals surface area contributed by atoms with Gasteiger partial charge in [-0.25, -0.2) is 8.42 Å². The molecule has 0 aliphatic carbocycles. The van der Waals surface area contributed by atoms with Gasteiger partial charge in [0.1, 0.15) is 23.9 Å². The fraction of sp³-hybridized carbons (Fsp3) is 0.438. The van der Waals surface area contributed by atoms with Crippen LogP contribution in [0.1, 0.15) is 31.5 Å². The van der Waals surface area contributed by atoms with Crippen LogP contribution in [0.5, 0.6) is 5.75 Å². The minimum Gasteiger partial charge on any atom is -0.492 e. The Morgan fingerprint density at radius 2 is 2.00 bits per heavy atom. The second-order valence-electron chi connectivity index (χ2n) is 5.74. The number of hydrogen-bond acceptors (Lipinski definition) is 7. The topological polar surface area (TPSA) is 111 Å². The van der Waals surface area contributed by atoms with Crippen LogP contribution < -0.4 is 10.1 Å². The zero-order valence-electron chi connectivity index (χ0n) is 14.1. The number of aromatic nitrogens is 2. The predicted molar refractivity (Wildman–Crippen MR) is 90.8 cm³/mol. The fourth-order valence-corrected chi connectivity index (χ4v) is 3.02. The van der Waals surface area contributed by atoms with E-state index in [-0.39, 0.29) is 25.0 Å². The molecular formula is C16H21N3O5S. The van der Waals surface area contributed by atoms with Crippen LogP contribution in [0.25, 0.3) is 0 Å². The molecule has 0 saturated heterocycles. The molecule has 0 atom stereocenters. The Hall–Kier alpha value is -2.42. The summed E-state index contributed by atoms with van der Waals surface area (Å²) in [5.74, 6) is -0.551. The molecule has 1 N–H and O–H groups in total. The van der Waals surface area contributed by atoms with Gasteiger partial charge in [-0.2, -0.15) is 4.98 Å². The van der Waals surface area contributed by atoms with Gasteiger partial charge in [0.2, 0.25) is 11.8 Å². The maximum atomic E-state index is 12.0. The van der Waals surface area contributed by atoms with Crippen LogP contribution in [-0.2, 0) is 20.4 Å². The number of carbonyl (C=O) groups excluding carboxylic acids is 1. The van der Waals surface area contributed by atoms with Crippen LogP contribution in [0, 0.1) is 0 Å². The molecule has 0 aliphatic rings. The number of nitrogens with zero attached hydrogens (tertiary/aromatic N) is 2. The number of rotatable bonds is 9. The highest BCUT2D eigenvalue weighted by Crippen LogP contribution is 2.12. The Labute approximate surface area is 146 Å². The van der Waals surface area contributed by atoms with Crippen molar-refractivity contribution in [2.75, 3.05) is 18.9 Å². The Morgan fingerprint density at radius 1 is 1.28 bits per heavy atom. The van der Waals surface area contributed by atoms with Crippen molar-refractivity contribution in [3.8, 4) is 5.75 Å². The molecule has 0 bridgehead atoms. The maximum absolute atomic E-state index is 12.0. The number of sulfone groups is 1. The number of para-hydroxylation sites is 1. The van der Waals surface area contributed by atoms with Gasteiger partial charge in [0, 0.05) is 5.92 Å². The number of benzene rings is 1. The van der Waals surface area contributed by atoms with Crippen LogP contribution in [-0.4, -0.2) is 43.4 Å². The lowest BCUT2D eigenvalue weighted by molar-refractivity contribution is -0.118. The quantitative estimate of drug-likeness (QED) is 0.665. The number of hydrogen-bond donors (Lipinski definition) is 1. The lowest BCUT2D eigenvalue weighted by atomic mass is 10.2. The van der Waals surface area contributed by atoms with Crippen molar-refractivity contribution in [1.82, 2.24) is 15.5 Å². The Kier molecular flexibility index (Phi) is 6.51. The van der Waals surface area contributed by atoms with Crippen molar-refractivity contribution in [3.05, 3.63) is 42.0 Å². The van der Waals surface area contributed by atoms with Crippen molar-refractivity contribution >= 4 is 15.7 Å². The van der Waals surface area contributed by atoms with E-state index >= 15 is 0 Å². The van der Waals surface area contributed by atoms with Crippen LogP contribution in [0.4, 0.5) is 0 Å². The number of ether oxygens (including phenoxy) is 1. The molecule has 2 rings (SSSR count). The maximum Gasteiger partial charge on any atom is 0.241 e. The highest BCUT2D eigenvalue weighted by atomic mass is 32.2. The number of nitrogens with one attached hydrogen (secondary N) is 1. The summed E-state index contributed by atoms with van der Waals surface area (Å²) >= 11 is 0. The van der Waals surface area contributed by atoms with E-state index in [0.717, 1.165) is 0 Å². The van der Waals surface area contributed by atoms with Gasteiger partial charge in [0.25, 0.3) is 0 Å². The number of amides is 1. The molecule has 9 heteroatoms. The van der Waals surface area contributed by atoms with Crippen molar-refractivity contribution in [2.45, 2.75) is 25.5 Å². The molecule has 25 heavy (non-hydrogen) atoms. The Morgan fingerprint density at radius 3 is 2.64 bits per heavy atom. The summed E-state index contributed by atoms with van der Waals surface area (Å²) in [6, 6.07) is 9.13. The molecular weight excluding hydrogens is 346 g/mol. The van der Waals surface area contributed by atoms with E-state index in [1.165, 1.54) is 0 Å². The SMILES string of the molecule is CC(C)c1noc(CS(=O)(=O)CC(=O)NCCOc2ccccc2)n1. The van der Waals surface area contributed by atoms with E-state index in [1.807, 2.05) is 32.0 Å². The summed E-state index contributed by atoms with van der Waals surface area (Å²) in [6.07, 6.45) is 0. The van der Waals surface area contributed by atoms with Gasteiger partial charge in [-0.05, 0) is 12.1 Å². The third-order valence-corrected chi connectivity index (χ3v) is 4.52. The first-order valence-electron chi connectivity index (χ1n) is 7.83. The summed E-state index contributed by atoms with van der Waals surface area (Å²) in [4.78, 5) is 15.8. The highest BCUT2D eigenvalue weighted by molar-refractivity contribution is 7.91. The van der Waals surface area contributed by atoms with Gasteiger partial charge in [-0.3, -0.25) is 4.79 Å². The average Bonchev–Trinajstić information content (AvgIpc) is 3.00. The van der Waals surface area contributed by atoms with Crippen LogP contribution >= 0.6 is 0 Å². The average molecular weight is 367 g/mol. The highest BCUT2D eigenvalue weighted by Gasteiger charge is 2.21. The molecule has 0 fully saturated rings. The normalized spacial score (nSPS) is 11.5. The van der Waals surface area contributed by atoms with Crippen molar-refractivity contribution in [3.63, 3.8) is 0 Å². The first-order valence-corrected chi connectivity index (χ1v) is 9.65. The molecule has 1 heterocycles. The molecule has 8 nitrogen and oxygen atoms in total. The molecule has 1 amide bonds. The van der Waals surface area contributed by atoms with Crippen molar-refractivity contribution in [2.24, 2.45) is 0 Å². The van der Waals surface area contributed by atoms with Crippen LogP contribution in [0.15, 0.2) is 34.9 Å². The Balaban J connectivity index is 1.74. The van der Waals surface area contributed by atoms with Gasteiger partial charge in [0.15, 0.2) is 15.7 Å². The molecule has 0 radical (unpaired) electrons. The minimum atomic E-state index is -3.68. The predicted octanol–water partition coefficient (Wildman–Crippen LogP) is 1.30. The first kappa shape index (κ1) is 18.9. The molecule has 0 spiro atoms. The van der Waals surface area contributed by atoms with E-state index in [4.69, 9.17) is 9.26 Å². The molecule has 136 valence electrons. The summed E-state index contributed by atoms with van der Waals surface area (Å²) in [7, 11) is -3.68. The van der Waals surface area contributed by atoms with Crippen molar-refractivity contribution in [1.29, 1.82) is 0 Å².